The van der Waals surface area contributed by atoms with Crippen molar-refractivity contribution in [3.05, 3.63) is 61.1 Å². The normalized spacial score (nSPS) is 12.7. The number of likely N-dealkylation sites (N-methyl/N-ethyl adjacent to an activating group) is 1. The minimum Gasteiger partial charge on any atom is -0.457 e. The molecule has 31 heavy (non-hydrogen) atoms. The Bertz CT molecular complexity index is 1110. The number of ether oxygens (including phenoxy) is 1. The monoisotopic (exact) mass is 444 g/mol. The molecule has 3 N–H and O–H groups in total. The van der Waals surface area contributed by atoms with Gasteiger partial charge in [-0.1, -0.05) is 13.8 Å². The Hall–Kier alpha value is -3.21. The number of hydrogen-bond acceptors (Lipinski definition) is 6. The van der Waals surface area contributed by atoms with Crippen LogP contribution >= 0.6 is 0 Å². The fraction of sp³-hybridized carbons (Fsp3) is 0.238. The lowest BCUT2D eigenvalue weighted by molar-refractivity contribution is -0.134. The van der Waals surface area contributed by atoms with Crippen molar-refractivity contribution in [2.75, 3.05) is 7.05 Å². The number of nitrogens with zero attached hydrogens (tertiary/aromatic N) is 2. The van der Waals surface area contributed by atoms with Crippen LogP contribution in [-0.2, 0) is 14.8 Å². The van der Waals surface area contributed by atoms with Crippen LogP contribution in [0.15, 0.2) is 66.0 Å². The molecule has 2 aromatic carbocycles. The maximum absolute atomic E-state index is 12.9. The number of benzene rings is 2. The number of aromatic amines is 1. The molecule has 0 saturated carbocycles. The minimum absolute atomic E-state index is 0.00772. The molecule has 9 nitrogen and oxygen atoms in total. The van der Waals surface area contributed by atoms with E-state index in [1.54, 1.807) is 50.6 Å². The van der Waals surface area contributed by atoms with E-state index < -0.39 is 22.0 Å². The van der Waals surface area contributed by atoms with Gasteiger partial charge in [-0.05, 0) is 60.0 Å². The van der Waals surface area contributed by atoms with Gasteiger partial charge in [0, 0.05) is 7.05 Å². The zero-order valence-corrected chi connectivity index (χ0v) is 18.1. The van der Waals surface area contributed by atoms with Gasteiger partial charge in [-0.2, -0.15) is 4.31 Å². The smallest absolute Gasteiger partial charge is 0.262 e. The summed E-state index contributed by atoms with van der Waals surface area (Å²) in [6.07, 6.45) is 3.33. The van der Waals surface area contributed by atoms with Crippen molar-refractivity contribution < 1.29 is 23.2 Å². The molecule has 3 rings (SSSR count). The molecule has 3 aromatic rings. The van der Waals surface area contributed by atoms with Crippen LogP contribution in [0.2, 0.25) is 0 Å². The zero-order valence-electron chi connectivity index (χ0n) is 17.3. The van der Waals surface area contributed by atoms with Crippen molar-refractivity contribution in [2.45, 2.75) is 24.8 Å². The molecular weight excluding hydrogens is 420 g/mol. The molecule has 0 aliphatic rings. The minimum atomic E-state index is -3.96. The third-order valence-electron chi connectivity index (χ3n) is 4.80. The number of hydroxylamine groups is 1. The summed E-state index contributed by atoms with van der Waals surface area (Å²) in [4.78, 5) is 19.0. The Kier molecular flexibility index (Phi) is 6.74. The number of carbonyl (C=O) groups excluding carboxylic acids is 1. The van der Waals surface area contributed by atoms with Crippen molar-refractivity contribution in [1.82, 2.24) is 19.8 Å². The summed E-state index contributed by atoms with van der Waals surface area (Å²) >= 11 is 0. The Morgan fingerprint density at radius 3 is 2.16 bits per heavy atom. The lowest BCUT2D eigenvalue weighted by Crippen LogP contribution is -2.49. The average molecular weight is 445 g/mol. The Labute approximate surface area is 180 Å². The van der Waals surface area contributed by atoms with Gasteiger partial charge in [0.25, 0.3) is 5.91 Å². The van der Waals surface area contributed by atoms with E-state index in [0.717, 1.165) is 15.6 Å². The van der Waals surface area contributed by atoms with Gasteiger partial charge in [0.05, 0.1) is 23.1 Å². The second-order valence-electron chi connectivity index (χ2n) is 7.25. The number of imidazole rings is 1. The second-order valence-corrected chi connectivity index (χ2v) is 9.25. The van der Waals surface area contributed by atoms with Crippen LogP contribution in [0.5, 0.6) is 11.5 Å². The Morgan fingerprint density at radius 2 is 1.68 bits per heavy atom. The number of aromatic nitrogens is 2. The molecule has 1 unspecified atom stereocenters. The molecule has 1 heterocycles. The first kappa shape index (κ1) is 22.5. The van der Waals surface area contributed by atoms with Gasteiger partial charge in [0.2, 0.25) is 10.0 Å². The first-order valence-electron chi connectivity index (χ1n) is 9.52. The third-order valence-corrected chi connectivity index (χ3v) is 6.66. The average Bonchev–Trinajstić information content (AvgIpc) is 3.29. The lowest BCUT2D eigenvalue weighted by atomic mass is 10.0. The molecule has 10 heteroatoms. The number of sulfonamides is 1. The molecule has 0 aliphatic heterocycles. The Morgan fingerprint density at radius 1 is 1.10 bits per heavy atom. The number of rotatable bonds is 8. The fourth-order valence-electron chi connectivity index (χ4n) is 3.20. The first-order chi connectivity index (χ1) is 14.7. The van der Waals surface area contributed by atoms with Crippen LogP contribution in [-0.4, -0.2) is 46.9 Å². The number of nitrogens with one attached hydrogen (secondary N) is 2. The van der Waals surface area contributed by atoms with Gasteiger partial charge in [-0.15, -0.1) is 0 Å². The van der Waals surface area contributed by atoms with E-state index in [4.69, 9.17) is 9.94 Å². The molecule has 1 amide bonds. The predicted octanol–water partition coefficient (Wildman–Crippen LogP) is 3.02. The van der Waals surface area contributed by atoms with Gasteiger partial charge in [-0.3, -0.25) is 10.0 Å². The summed E-state index contributed by atoms with van der Waals surface area (Å²) < 4.78 is 32.6. The van der Waals surface area contributed by atoms with E-state index in [2.05, 4.69) is 9.97 Å². The highest BCUT2D eigenvalue weighted by molar-refractivity contribution is 7.89. The highest BCUT2D eigenvalue weighted by Gasteiger charge is 2.35. The van der Waals surface area contributed by atoms with E-state index in [0.29, 0.717) is 11.5 Å². The van der Waals surface area contributed by atoms with Gasteiger partial charge >= 0.3 is 0 Å². The SMILES string of the molecule is CC(C)C(C(=O)NO)N(C)S(=O)(=O)c1ccc(Oc2ccc(-c3cnc[nH]3)cc2)cc1. The van der Waals surface area contributed by atoms with Crippen LogP contribution in [0.1, 0.15) is 13.8 Å². The number of hydrogen-bond donors (Lipinski definition) is 3. The van der Waals surface area contributed by atoms with E-state index in [1.165, 1.54) is 24.7 Å². The molecule has 0 radical (unpaired) electrons. The molecule has 1 atom stereocenters. The summed E-state index contributed by atoms with van der Waals surface area (Å²) in [5, 5.41) is 8.94. The largest absolute Gasteiger partial charge is 0.457 e. The summed E-state index contributed by atoms with van der Waals surface area (Å²) in [7, 11) is -2.66. The van der Waals surface area contributed by atoms with Crippen LogP contribution in [0.25, 0.3) is 11.3 Å². The zero-order chi connectivity index (χ0) is 22.6. The summed E-state index contributed by atoms with van der Waals surface area (Å²) in [5.74, 6) is -0.0845. The summed E-state index contributed by atoms with van der Waals surface area (Å²) in [6.45, 7) is 3.39. The van der Waals surface area contributed by atoms with Crippen LogP contribution < -0.4 is 10.2 Å². The van der Waals surface area contributed by atoms with Gasteiger partial charge in [0.15, 0.2) is 0 Å². The highest BCUT2D eigenvalue weighted by Crippen LogP contribution is 2.27. The van der Waals surface area contributed by atoms with Gasteiger partial charge in [0.1, 0.15) is 17.5 Å². The fourth-order valence-corrected chi connectivity index (χ4v) is 4.65. The van der Waals surface area contributed by atoms with E-state index >= 15 is 0 Å². The number of carbonyl (C=O) groups is 1. The molecule has 0 spiro atoms. The Balaban J connectivity index is 1.75. The van der Waals surface area contributed by atoms with E-state index in [1.807, 2.05) is 12.1 Å². The van der Waals surface area contributed by atoms with Crippen molar-refractivity contribution in [1.29, 1.82) is 0 Å². The van der Waals surface area contributed by atoms with E-state index in [9.17, 15) is 13.2 Å². The number of H-pyrrole nitrogens is 1. The summed E-state index contributed by atoms with van der Waals surface area (Å²) in [5.41, 5.74) is 3.38. The predicted molar refractivity (Wildman–Crippen MR) is 114 cm³/mol. The third kappa shape index (κ3) is 4.93. The highest BCUT2D eigenvalue weighted by atomic mass is 32.2. The van der Waals surface area contributed by atoms with Crippen molar-refractivity contribution in [3.8, 4) is 22.8 Å². The van der Waals surface area contributed by atoms with Crippen LogP contribution in [0.3, 0.4) is 0 Å². The lowest BCUT2D eigenvalue weighted by Gasteiger charge is -2.28. The molecule has 0 saturated heterocycles. The molecule has 0 fully saturated rings. The maximum Gasteiger partial charge on any atom is 0.262 e. The maximum atomic E-state index is 12.9. The van der Waals surface area contributed by atoms with Crippen molar-refractivity contribution in [2.24, 2.45) is 5.92 Å². The standard InChI is InChI=1S/C21H24N4O5S/c1-14(2)20(21(26)24-27)25(3)31(28,29)18-10-8-17(9-11-18)30-16-6-4-15(5-7-16)19-12-22-13-23-19/h4-14,20,27H,1-3H3,(H,22,23)(H,24,26). The molecular formula is C21H24N4O5S. The summed E-state index contributed by atoms with van der Waals surface area (Å²) in [6, 6.07) is 12.2. The second kappa shape index (κ2) is 9.29. The molecule has 0 bridgehead atoms. The first-order valence-corrected chi connectivity index (χ1v) is 11.0. The van der Waals surface area contributed by atoms with E-state index in [-0.39, 0.29) is 10.8 Å². The van der Waals surface area contributed by atoms with Crippen LogP contribution in [0.4, 0.5) is 0 Å². The van der Waals surface area contributed by atoms with Crippen molar-refractivity contribution >= 4 is 15.9 Å². The number of amides is 1. The molecule has 0 aliphatic carbocycles. The van der Waals surface area contributed by atoms with Crippen LogP contribution in [0, 0.1) is 5.92 Å². The van der Waals surface area contributed by atoms with Gasteiger partial charge in [-0.25, -0.2) is 18.9 Å². The van der Waals surface area contributed by atoms with Gasteiger partial charge < -0.3 is 9.72 Å². The topological polar surface area (TPSA) is 125 Å². The van der Waals surface area contributed by atoms with Crippen molar-refractivity contribution in [3.63, 3.8) is 0 Å². The quantitative estimate of drug-likeness (QED) is 0.362. The molecule has 164 valence electrons. The molecule has 1 aromatic heterocycles.